The third kappa shape index (κ3) is 3.21. The van der Waals surface area contributed by atoms with Crippen molar-refractivity contribution in [3.63, 3.8) is 0 Å². The van der Waals surface area contributed by atoms with Gasteiger partial charge in [0.2, 0.25) is 0 Å². The zero-order valence-corrected chi connectivity index (χ0v) is 11.5. The standard InChI is InChI=1S/C14H27NO2/c1-4-11-5-6-13(16)12(9-11)15-7-8-17-14(2,3)10-15/h11-13,16H,4-10H2,1-3H3. The van der Waals surface area contributed by atoms with Crippen molar-refractivity contribution < 1.29 is 9.84 Å². The lowest BCUT2D eigenvalue weighted by atomic mass is 9.81. The van der Waals surface area contributed by atoms with Crippen LogP contribution in [0.25, 0.3) is 0 Å². The summed E-state index contributed by atoms with van der Waals surface area (Å²) in [6.45, 7) is 9.28. The molecular formula is C14H27NO2. The highest BCUT2D eigenvalue weighted by molar-refractivity contribution is 4.90. The maximum atomic E-state index is 10.2. The average molecular weight is 241 g/mol. The van der Waals surface area contributed by atoms with E-state index in [9.17, 15) is 5.11 Å². The Labute approximate surface area is 105 Å². The van der Waals surface area contributed by atoms with E-state index < -0.39 is 0 Å². The minimum absolute atomic E-state index is 0.0584. The van der Waals surface area contributed by atoms with Crippen LogP contribution in [0.15, 0.2) is 0 Å². The van der Waals surface area contributed by atoms with Crippen molar-refractivity contribution >= 4 is 0 Å². The monoisotopic (exact) mass is 241 g/mol. The first-order valence-electron chi connectivity index (χ1n) is 7.08. The highest BCUT2D eigenvalue weighted by atomic mass is 16.5. The average Bonchev–Trinajstić information content (AvgIpc) is 2.28. The van der Waals surface area contributed by atoms with Gasteiger partial charge in [0.05, 0.1) is 18.3 Å². The predicted molar refractivity (Wildman–Crippen MR) is 69.0 cm³/mol. The summed E-state index contributed by atoms with van der Waals surface area (Å²) < 4.78 is 5.75. The van der Waals surface area contributed by atoms with Crippen LogP contribution in [-0.2, 0) is 4.74 Å². The molecule has 1 heterocycles. The van der Waals surface area contributed by atoms with Crippen LogP contribution in [0.1, 0.15) is 46.5 Å². The molecule has 0 amide bonds. The van der Waals surface area contributed by atoms with Crippen molar-refractivity contribution in [2.75, 3.05) is 19.7 Å². The van der Waals surface area contributed by atoms with Gasteiger partial charge in [-0.25, -0.2) is 0 Å². The maximum absolute atomic E-state index is 10.2. The molecule has 17 heavy (non-hydrogen) atoms. The van der Waals surface area contributed by atoms with Crippen LogP contribution in [0.2, 0.25) is 0 Å². The lowest BCUT2D eigenvalue weighted by Crippen LogP contribution is -2.56. The Hall–Kier alpha value is -0.120. The smallest absolute Gasteiger partial charge is 0.0753 e. The lowest BCUT2D eigenvalue weighted by molar-refractivity contribution is -0.118. The summed E-state index contributed by atoms with van der Waals surface area (Å²) >= 11 is 0. The van der Waals surface area contributed by atoms with Gasteiger partial charge in [-0.15, -0.1) is 0 Å². The molecular weight excluding hydrogens is 214 g/mol. The first kappa shape index (κ1) is 13.3. The number of nitrogens with zero attached hydrogens (tertiary/aromatic N) is 1. The highest BCUT2D eigenvalue weighted by Crippen LogP contribution is 2.32. The highest BCUT2D eigenvalue weighted by Gasteiger charge is 2.37. The molecule has 0 aromatic heterocycles. The van der Waals surface area contributed by atoms with Gasteiger partial charge in [-0.3, -0.25) is 4.90 Å². The third-order valence-corrected chi connectivity index (χ3v) is 4.39. The van der Waals surface area contributed by atoms with Gasteiger partial charge in [0.25, 0.3) is 0 Å². The number of rotatable bonds is 2. The molecule has 0 radical (unpaired) electrons. The van der Waals surface area contributed by atoms with E-state index >= 15 is 0 Å². The molecule has 100 valence electrons. The topological polar surface area (TPSA) is 32.7 Å². The molecule has 3 nitrogen and oxygen atoms in total. The first-order chi connectivity index (χ1) is 8.02. The van der Waals surface area contributed by atoms with E-state index in [4.69, 9.17) is 4.74 Å². The molecule has 1 saturated heterocycles. The Morgan fingerprint density at radius 2 is 2.12 bits per heavy atom. The molecule has 3 unspecified atom stereocenters. The van der Waals surface area contributed by atoms with Gasteiger partial charge in [-0.05, 0) is 39.0 Å². The van der Waals surface area contributed by atoms with Gasteiger partial charge < -0.3 is 9.84 Å². The molecule has 2 aliphatic rings. The lowest BCUT2D eigenvalue weighted by Gasteiger charge is -2.46. The molecule has 3 atom stereocenters. The minimum Gasteiger partial charge on any atom is -0.391 e. The first-order valence-corrected chi connectivity index (χ1v) is 7.08. The van der Waals surface area contributed by atoms with E-state index in [0.29, 0.717) is 6.04 Å². The molecule has 2 fully saturated rings. The Morgan fingerprint density at radius 1 is 1.35 bits per heavy atom. The van der Waals surface area contributed by atoms with Crippen molar-refractivity contribution in [1.82, 2.24) is 4.90 Å². The third-order valence-electron chi connectivity index (χ3n) is 4.39. The minimum atomic E-state index is -0.133. The van der Waals surface area contributed by atoms with E-state index in [2.05, 4.69) is 25.7 Å². The fraction of sp³-hybridized carbons (Fsp3) is 1.00. The van der Waals surface area contributed by atoms with E-state index in [1.54, 1.807) is 0 Å². The normalized spacial score (nSPS) is 39.2. The van der Waals surface area contributed by atoms with Crippen LogP contribution in [0.3, 0.4) is 0 Å². The Kier molecular flexibility index (Phi) is 4.11. The summed E-state index contributed by atoms with van der Waals surface area (Å²) in [6, 6.07) is 0.358. The van der Waals surface area contributed by atoms with Crippen molar-refractivity contribution in [3.05, 3.63) is 0 Å². The second-order valence-electron chi connectivity index (χ2n) is 6.30. The van der Waals surface area contributed by atoms with Crippen LogP contribution in [0, 0.1) is 5.92 Å². The molecule has 1 saturated carbocycles. The molecule has 3 heteroatoms. The number of aliphatic hydroxyl groups is 1. The zero-order valence-electron chi connectivity index (χ0n) is 11.5. The summed E-state index contributed by atoms with van der Waals surface area (Å²) in [4.78, 5) is 2.45. The van der Waals surface area contributed by atoms with E-state index in [1.165, 1.54) is 12.8 Å². The quantitative estimate of drug-likeness (QED) is 0.803. The van der Waals surface area contributed by atoms with Crippen molar-refractivity contribution in [2.45, 2.75) is 64.2 Å². The van der Waals surface area contributed by atoms with Crippen LogP contribution < -0.4 is 0 Å². The van der Waals surface area contributed by atoms with Gasteiger partial charge in [0.1, 0.15) is 0 Å². The predicted octanol–water partition coefficient (Wildman–Crippen LogP) is 2.04. The van der Waals surface area contributed by atoms with E-state index in [1.807, 2.05) is 0 Å². The fourth-order valence-electron chi connectivity index (χ4n) is 3.31. The van der Waals surface area contributed by atoms with Crippen molar-refractivity contribution in [1.29, 1.82) is 0 Å². The molecule has 0 spiro atoms. The largest absolute Gasteiger partial charge is 0.391 e. The number of morpholine rings is 1. The van der Waals surface area contributed by atoms with Gasteiger partial charge >= 0.3 is 0 Å². The van der Waals surface area contributed by atoms with Crippen LogP contribution in [0.4, 0.5) is 0 Å². The Bertz CT molecular complexity index is 255. The van der Waals surface area contributed by atoms with Crippen LogP contribution >= 0.6 is 0 Å². The van der Waals surface area contributed by atoms with E-state index in [0.717, 1.165) is 38.5 Å². The Morgan fingerprint density at radius 3 is 2.76 bits per heavy atom. The SMILES string of the molecule is CCC1CCC(O)C(N2CCOC(C)(C)C2)C1. The molecule has 1 aliphatic carbocycles. The number of hydrogen-bond donors (Lipinski definition) is 1. The molecule has 0 aromatic rings. The maximum Gasteiger partial charge on any atom is 0.0753 e. The summed E-state index contributed by atoms with van der Waals surface area (Å²) in [5.74, 6) is 0.800. The van der Waals surface area contributed by atoms with Gasteiger partial charge in [-0.2, -0.15) is 0 Å². The second-order valence-corrected chi connectivity index (χ2v) is 6.30. The molecule has 2 rings (SSSR count). The number of aliphatic hydroxyl groups excluding tert-OH is 1. The summed E-state index contributed by atoms with van der Waals surface area (Å²) in [7, 11) is 0. The van der Waals surface area contributed by atoms with Crippen LogP contribution in [0.5, 0.6) is 0 Å². The zero-order chi connectivity index (χ0) is 12.5. The summed E-state index contributed by atoms with van der Waals surface area (Å²) in [5, 5.41) is 10.2. The van der Waals surface area contributed by atoms with Crippen molar-refractivity contribution in [2.24, 2.45) is 5.92 Å². The molecule has 1 N–H and O–H groups in total. The number of hydrogen-bond acceptors (Lipinski definition) is 3. The molecule has 0 bridgehead atoms. The summed E-state index contributed by atoms with van der Waals surface area (Å²) in [6.07, 6.45) is 4.44. The fourth-order valence-corrected chi connectivity index (χ4v) is 3.31. The molecule has 0 aromatic carbocycles. The second kappa shape index (κ2) is 5.25. The van der Waals surface area contributed by atoms with E-state index in [-0.39, 0.29) is 11.7 Å². The van der Waals surface area contributed by atoms with Crippen molar-refractivity contribution in [3.8, 4) is 0 Å². The van der Waals surface area contributed by atoms with Gasteiger partial charge in [0.15, 0.2) is 0 Å². The Balaban J connectivity index is 1.99. The van der Waals surface area contributed by atoms with Crippen LogP contribution in [-0.4, -0.2) is 47.4 Å². The van der Waals surface area contributed by atoms with Gasteiger partial charge in [-0.1, -0.05) is 13.3 Å². The summed E-state index contributed by atoms with van der Waals surface area (Å²) in [5.41, 5.74) is -0.0584. The number of ether oxygens (including phenoxy) is 1. The van der Waals surface area contributed by atoms with Gasteiger partial charge in [0, 0.05) is 19.1 Å². The molecule has 1 aliphatic heterocycles.